The molecule has 0 aromatic heterocycles. The maximum atomic E-state index is 12.1. The van der Waals surface area contributed by atoms with E-state index in [2.05, 4.69) is 10.3 Å². The van der Waals surface area contributed by atoms with Crippen LogP contribution in [0.2, 0.25) is 5.02 Å². The molecule has 0 aliphatic carbocycles. The molecule has 0 radical (unpaired) electrons. The molecule has 1 N–H and O–H groups in total. The van der Waals surface area contributed by atoms with Crippen LogP contribution in [0.4, 0.5) is 11.4 Å². The van der Waals surface area contributed by atoms with Crippen molar-refractivity contribution in [3.63, 3.8) is 0 Å². The Morgan fingerprint density at radius 3 is 2.45 bits per heavy atom. The molecule has 0 atom stereocenters. The molecule has 0 fully saturated rings. The fraction of sp³-hybridized carbons (Fsp3) is 0.125. The van der Waals surface area contributed by atoms with Crippen molar-refractivity contribution >= 4 is 34.6 Å². The number of nitrogens with one attached hydrogen (secondary N) is 1. The number of aryl methyl sites for hydroxylation is 1. The Bertz CT molecular complexity index is 733. The van der Waals surface area contributed by atoms with Gasteiger partial charge in [-0.1, -0.05) is 29.3 Å². The van der Waals surface area contributed by atoms with Crippen LogP contribution in [0.25, 0.3) is 0 Å². The number of carbonyl (C=O) groups excluding carboxylic acids is 1. The first-order chi connectivity index (χ1) is 9.56. The molecule has 100 valence electrons. The Morgan fingerprint density at radius 1 is 1.05 bits per heavy atom. The fourth-order valence-corrected chi connectivity index (χ4v) is 2.36. The second kappa shape index (κ2) is 4.76. The summed E-state index contributed by atoms with van der Waals surface area (Å²) in [4.78, 5) is 16.5. The van der Waals surface area contributed by atoms with Gasteiger partial charge in [0.05, 0.1) is 11.4 Å². The summed E-state index contributed by atoms with van der Waals surface area (Å²) in [5.74, 6) is -0.189. The van der Waals surface area contributed by atoms with Crippen molar-refractivity contribution in [3.05, 3.63) is 58.1 Å². The number of halogens is 1. The van der Waals surface area contributed by atoms with Gasteiger partial charge in [-0.15, -0.1) is 0 Å². The van der Waals surface area contributed by atoms with Crippen LogP contribution in [0.1, 0.15) is 16.7 Å². The molecule has 1 aliphatic rings. The van der Waals surface area contributed by atoms with Gasteiger partial charge >= 0.3 is 0 Å². The standard InChI is InChI=1S/C16H13ClN2O/c1-9-3-5-11(6-4-9)18-15-12-7-8-13(17)10(2)14(12)19-16(15)20/h3-8H,1-2H3,(H,18,19,20). The van der Waals surface area contributed by atoms with Crippen molar-refractivity contribution in [2.45, 2.75) is 13.8 Å². The Kier molecular flexibility index (Phi) is 3.07. The number of hydrogen-bond donors (Lipinski definition) is 1. The van der Waals surface area contributed by atoms with E-state index in [0.29, 0.717) is 10.7 Å². The number of nitrogens with zero attached hydrogens (tertiary/aromatic N) is 1. The van der Waals surface area contributed by atoms with Crippen molar-refractivity contribution in [3.8, 4) is 0 Å². The summed E-state index contributed by atoms with van der Waals surface area (Å²) >= 11 is 6.07. The number of carbonyl (C=O) groups is 1. The predicted molar refractivity (Wildman–Crippen MR) is 82.2 cm³/mol. The summed E-state index contributed by atoms with van der Waals surface area (Å²) in [5.41, 5.74) is 4.79. The average Bonchev–Trinajstić information content (AvgIpc) is 2.74. The van der Waals surface area contributed by atoms with E-state index in [9.17, 15) is 4.79 Å². The molecule has 2 aromatic rings. The van der Waals surface area contributed by atoms with Crippen LogP contribution < -0.4 is 5.32 Å². The Balaban J connectivity index is 2.11. The first-order valence-electron chi connectivity index (χ1n) is 6.32. The van der Waals surface area contributed by atoms with E-state index >= 15 is 0 Å². The highest BCUT2D eigenvalue weighted by Gasteiger charge is 2.27. The van der Waals surface area contributed by atoms with E-state index in [1.54, 1.807) is 6.07 Å². The van der Waals surface area contributed by atoms with Gasteiger partial charge in [-0.05, 0) is 43.7 Å². The normalized spacial score (nSPS) is 15.3. The van der Waals surface area contributed by atoms with Crippen molar-refractivity contribution in [1.29, 1.82) is 0 Å². The maximum Gasteiger partial charge on any atom is 0.275 e. The van der Waals surface area contributed by atoms with Crippen LogP contribution in [0.5, 0.6) is 0 Å². The summed E-state index contributed by atoms with van der Waals surface area (Å²) in [6.45, 7) is 3.90. The molecule has 0 bridgehead atoms. The minimum Gasteiger partial charge on any atom is -0.320 e. The zero-order valence-corrected chi connectivity index (χ0v) is 12.0. The molecule has 0 saturated carbocycles. The lowest BCUT2D eigenvalue weighted by Crippen LogP contribution is -2.13. The molecule has 2 aromatic carbocycles. The van der Waals surface area contributed by atoms with Gasteiger partial charge < -0.3 is 5.32 Å². The first-order valence-corrected chi connectivity index (χ1v) is 6.70. The SMILES string of the molecule is Cc1ccc(N=C2C(=O)Nc3c2ccc(Cl)c3C)cc1. The Morgan fingerprint density at radius 2 is 1.75 bits per heavy atom. The second-order valence-electron chi connectivity index (χ2n) is 4.85. The fourth-order valence-electron chi connectivity index (χ4n) is 2.20. The number of anilines is 1. The molecule has 0 unspecified atom stereocenters. The molecule has 3 rings (SSSR count). The Labute approximate surface area is 122 Å². The summed E-state index contributed by atoms with van der Waals surface area (Å²) in [5, 5.41) is 3.47. The summed E-state index contributed by atoms with van der Waals surface area (Å²) in [6.07, 6.45) is 0. The van der Waals surface area contributed by atoms with E-state index in [1.807, 2.05) is 44.2 Å². The highest BCUT2D eigenvalue weighted by Crippen LogP contribution is 2.33. The van der Waals surface area contributed by atoms with Crippen molar-refractivity contribution in [2.24, 2.45) is 4.99 Å². The first kappa shape index (κ1) is 12.9. The van der Waals surface area contributed by atoms with Gasteiger partial charge in [-0.3, -0.25) is 4.79 Å². The molecule has 1 aliphatic heterocycles. The van der Waals surface area contributed by atoms with Gasteiger partial charge in [0.25, 0.3) is 5.91 Å². The molecule has 4 heteroatoms. The minimum atomic E-state index is -0.189. The second-order valence-corrected chi connectivity index (χ2v) is 5.25. The summed E-state index contributed by atoms with van der Waals surface area (Å²) in [7, 11) is 0. The smallest absolute Gasteiger partial charge is 0.275 e. The van der Waals surface area contributed by atoms with Crippen LogP contribution in [0.3, 0.4) is 0 Å². The lowest BCUT2D eigenvalue weighted by Gasteiger charge is -2.04. The molecule has 20 heavy (non-hydrogen) atoms. The van der Waals surface area contributed by atoms with Crippen molar-refractivity contribution < 1.29 is 4.79 Å². The van der Waals surface area contributed by atoms with Crippen LogP contribution in [-0.4, -0.2) is 11.6 Å². The molecule has 0 saturated heterocycles. The van der Waals surface area contributed by atoms with Crippen LogP contribution in [0.15, 0.2) is 41.4 Å². The van der Waals surface area contributed by atoms with E-state index in [-0.39, 0.29) is 5.91 Å². The maximum absolute atomic E-state index is 12.1. The van der Waals surface area contributed by atoms with E-state index < -0.39 is 0 Å². The zero-order chi connectivity index (χ0) is 14.3. The lowest BCUT2D eigenvalue weighted by atomic mass is 10.1. The minimum absolute atomic E-state index is 0.189. The molecule has 0 spiro atoms. The zero-order valence-electron chi connectivity index (χ0n) is 11.2. The third-order valence-electron chi connectivity index (χ3n) is 3.38. The van der Waals surface area contributed by atoms with E-state index in [1.165, 1.54) is 0 Å². The van der Waals surface area contributed by atoms with Crippen LogP contribution in [-0.2, 0) is 4.79 Å². The number of amides is 1. The average molecular weight is 285 g/mol. The van der Waals surface area contributed by atoms with Crippen molar-refractivity contribution in [1.82, 2.24) is 0 Å². The van der Waals surface area contributed by atoms with Gasteiger partial charge in [-0.2, -0.15) is 0 Å². The number of fused-ring (bicyclic) bond motifs is 1. The van der Waals surface area contributed by atoms with Gasteiger partial charge in [0.15, 0.2) is 0 Å². The van der Waals surface area contributed by atoms with Gasteiger partial charge in [0.1, 0.15) is 5.71 Å². The molecular weight excluding hydrogens is 272 g/mol. The number of benzene rings is 2. The Hall–Kier alpha value is -2.13. The topological polar surface area (TPSA) is 41.5 Å². The van der Waals surface area contributed by atoms with E-state index in [0.717, 1.165) is 28.1 Å². The third-order valence-corrected chi connectivity index (χ3v) is 3.79. The molecule has 1 amide bonds. The monoisotopic (exact) mass is 284 g/mol. The molecule has 3 nitrogen and oxygen atoms in total. The number of rotatable bonds is 1. The van der Waals surface area contributed by atoms with E-state index in [4.69, 9.17) is 11.6 Å². The molecular formula is C16H13ClN2O. The quantitative estimate of drug-likeness (QED) is 0.844. The number of hydrogen-bond acceptors (Lipinski definition) is 2. The largest absolute Gasteiger partial charge is 0.320 e. The van der Waals surface area contributed by atoms with Crippen molar-refractivity contribution in [2.75, 3.05) is 5.32 Å². The highest BCUT2D eigenvalue weighted by atomic mass is 35.5. The highest BCUT2D eigenvalue weighted by molar-refractivity contribution is 6.54. The van der Waals surface area contributed by atoms with Gasteiger partial charge in [-0.25, -0.2) is 4.99 Å². The number of aliphatic imine (C=N–C) groups is 1. The summed E-state index contributed by atoms with van der Waals surface area (Å²) in [6, 6.07) is 11.4. The van der Waals surface area contributed by atoms with Crippen LogP contribution >= 0.6 is 11.6 Å². The predicted octanol–water partition coefficient (Wildman–Crippen LogP) is 4.03. The third kappa shape index (κ3) is 2.10. The lowest BCUT2D eigenvalue weighted by molar-refractivity contribution is -0.110. The van der Waals surface area contributed by atoms with Gasteiger partial charge in [0.2, 0.25) is 0 Å². The van der Waals surface area contributed by atoms with Gasteiger partial charge in [0, 0.05) is 10.6 Å². The molecule has 1 heterocycles. The summed E-state index contributed by atoms with van der Waals surface area (Å²) < 4.78 is 0. The van der Waals surface area contributed by atoms with Crippen LogP contribution in [0, 0.1) is 13.8 Å².